The van der Waals surface area contributed by atoms with Gasteiger partial charge in [-0.2, -0.15) is 13.2 Å². The van der Waals surface area contributed by atoms with Gasteiger partial charge < -0.3 is 9.84 Å². The smallest absolute Gasteiger partial charge is 0.417 e. The average Bonchev–Trinajstić information content (AvgIpc) is 2.98. The lowest BCUT2D eigenvalue weighted by Crippen LogP contribution is -2.42. The van der Waals surface area contributed by atoms with E-state index >= 15 is 0 Å². The zero-order valence-electron chi connectivity index (χ0n) is 24.7. The first-order valence-corrected chi connectivity index (χ1v) is 15.2. The maximum atomic E-state index is 13.7. The topological polar surface area (TPSA) is 49.8 Å². The summed E-state index contributed by atoms with van der Waals surface area (Å²) in [6.45, 7) is 1.69. The van der Waals surface area contributed by atoms with Crippen molar-refractivity contribution in [3.05, 3.63) is 136 Å². The Bertz CT molecular complexity index is 1510. The van der Waals surface area contributed by atoms with Crippen LogP contribution in [0.2, 0.25) is 5.02 Å². The predicted molar refractivity (Wildman–Crippen MR) is 173 cm³/mol. The van der Waals surface area contributed by atoms with Crippen molar-refractivity contribution in [2.24, 2.45) is 0 Å². The van der Waals surface area contributed by atoms with E-state index in [0.29, 0.717) is 50.3 Å². The fourth-order valence-corrected chi connectivity index (χ4v) is 6.24. The summed E-state index contributed by atoms with van der Waals surface area (Å²) in [5, 5.41) is 9.54. The number of aliphatic carboxylic acids is 1. The van der Waals surface area contributed by atoms with Crippen LogP contribution in [0.5, 0.6) is 5.75 Å². The summed E-state index contributed by atoms with van der Waals surface area (Å²) in [5.74, 6) is -0.223. The molecule has 45 heavy (non-hydrogen) atoms. The second-order valence-corrected chi connectivity index (χ2v) is 11.7. The van der Waals surface area contributed by atoms with Crippen LogP contribution in [0.25, 0.3) is 0 Å². The summed E-state index contributed by atoms with van der Waals surface area (Å²) in [6.07, 6.45) is -1.83. The monoisotopic (exact) mass is 657 g/mol. The SMILES string of the molecule is Cl.O=C(O)C1(c2cccc(OCCCN(Cc3cccc(C(F)(F)F)c3Cl)CC(c3ccccc3)c3ccccc3)c2)CCC1. The first kappa shape index (κ1) is 34.4. The second-order valence-electron chi connectivity index (χ2n) is 11.4. The molecule has 0 atom stereocenters. The van der Waals surface area contributed by atoms with Crippen molar-refractivity contribution in [2.45, 2.75) is 49.7 Å². The van der Waals surface area contributed by atoms with Gasteiger partial charge in [-0.15, -0.1) is 12.4 Å². The Morgan fingerprint density at radius 1 is 0.911 bits per heavy atom. The molecule has 0 amide bonds. The van der Waals surface area contributed by atoms with E-state index in [1.165, 1.54) is 6.07 Å². The van der Waals surface area contributed by atoms with Crippen LogP contribution in [-0.2, 0) is 22.9 Å². The number of benzene rings is 4. The van der Waals surface area contributed by atoms with Crippen LogP contribution in [0.3, 0.4) is 0 Å². The van der Waals surface area contributed by atoms with Crippen molar-refractivity contribution in [3.8, 4) is 5.75 Å². The zero-order valence-corrected chi connectivity index (χ0v) is 26.3. The van der Waals surface area contributed by atoms with Gasteiger partial charge in [0.1, 0.15) is 5.75 Å². The Morgan fingerprint density at radius 3 is 2.09 bits per heavy atom. The van der Waals surface area contributed by atoms with Gasteiger partial charge in [-0.25, -0.2) is 0 Å². The molecule has 1 aliphatic rings. The zero-order chi connectivity index (χ0) is 31.2. The molecule has 4 nitrogen and oxygen atoms in total. The highest BCUT2D eigenvalue weighted by Crippen LogP contribution is 2.44. The average molecular weight is 659 g/mol. The molecule has 1 saturated carbocycles. The summed E-state index contributed by atoms with van der Waals surface area (Å²) >= 11 is 6.33. The van der Waals surface area contributed by atoms with Gasteiger partial charge in [-0.1, -0.05) is 103 Å². The lowest BCUT2D eigenvalue weighted by Gasteiger charge is -2.38. The maximum Gasteiger partial charge on any atom is 0.417 e. The van der Waals surface area contributed by atoms with Gasteiger partial charge in [0, 0.05) is 25.6 Å². The van der Waals surface area contributed by atoms with Crippen molar-refractivity contribution in [2.75, 3.05) is 19.7 Å². The molecule has 4 aromatic carbocycles. The highest BCUT2D eigenvalue weighted by molar-refractivity contribution is 6.32. The van der Waals surface area contributed by atoms with E-state index in [4.69, 9.17) is 16.3 Å². The summed E-state index contributed by atoms with van der Waals surface area (Å²) in [4.78, 5) is 14.1. The standard InChI is InChI=1S/C36H35ClF3NO3.ClH/c37-33-28(15-7-18-32(33)36(38,39)40)24-41(25-31(26-11-3-1-4-12-26)27-13-5-2-6-14-27)21-10-22-44-30-17-8-16-29(23-30)35(34(42)43)19-9-20-35;/h1-8,11-18,23,31H,9-10,19-22,24-25H2,(H,42,43);1H. The van der Waals surface area contributed by atoms with E-state index in [-0.39, 0.29) is 29.9 Å². The number of carboxylic acid groups (broad SMARTS) is 1. The molecule has 0 aromatic heterocycles. The molecule has 0 spiro atoms. The molecule has 0 unspecified atom stereocenters. The molecule has 238 valence electrons. The lowest BCUT2D eigenvalue weighted by molar-refractivity contribution is -0.147. The Hall–Kier alpha value is -3.52. The second kappa shape index (κ2) is 15.2. The van der Waals surface area contributed by atoms with Crippen LogP contribution in [0, 0.1) is 0 Å². The number of ether oxygens (including phenoxy) is 1. The summed E-state index contributed by atoms with van der Waals surface area (Å²) < 4.78 is 47.0. The highest BCUT2D eigenvalue weighted by atomic mass is 35.5. The molecule has 5 rings (SSSR count). The minimum Gasteiger partial charge on any atom is -0.494 e. The predicted octanol–water partition coefficient (Wildman–Crippen LogP) is 9.39. The number of hydrogen-bond donors (Lipinski definition) is 1. The fourth-order valence-electron chi connectivity index (χ4n) is 5.95. The lowest BCUT2D eigenvalue weighted by atomic mass is 9.64. The van der Waals surface area contributed by atoms with Crippen molar-refractivity contribution < 1.29 is 27.8 Å². The first-order chi connectivity index (χ1) is 21.2. The summed E-state index contributed by atoms with van der Waals surface area (Å²) in [7, 11) is 0. The molecular weight excluding hydrogens is 622 g/mol. The number of nitrogens with zero attached hydrogens (tertiary/aromatic N) is 1. The van der Waals surface area contributed by atoms with Gasteiger partial charge in [0.2, 0.25) is 0 Å². The number of carbonyl (C=O) groups is 1. The summed E-state index contributed by atoms with van der Waals surface area (Å²) in [5.41, 5.74) is 1.70. The molecular formula is C36H36Cl2F3NO3. The van der Waals surface area contributed by atoms with Crippen molar-refractivity contribution in [1.29, 1.82) is 0 Å². The molecule has 0 saturated heterocycles. The van der Waals surface area contributed by atoms with Gasteiger partial charge in [0.25, 0.3) is 0 Å². The third-order valence-electron chi connectivity index (χ3n) is 8.51. The summed E-state index contributed by atoms with van der Waals surface area (Å²) in [6, 6.07) is 31.5. The third kappa shape index (κ3) is 8.20. The van der Waals surface area contributed by atoms with Crippen LogP contribution in [0.1, 0.15) is 59.4 Å². The van der Waals surface area contributed by atoms with Crippen LogP contribution >= 0.6 is 24.0 Å². The molecule has 0 aliphatic heterocycles. The fraction of sp³-hybridized carbons (Fsp3) is 0.306. The molecule has 1 fully saturated rings. The van der Waals surface area contributed by atoms with E-state index in [1.54, 1.807) is 6.07 Å². The van der Waals surface area contributed by atoms with E-state index in [9.17, 15) is 23.1 Å². The van der Waals surface area contributed by atoms with Crippen LogP contribution in [0.15, 0.2) is 103 Å². The van der Waals surface area contributed by atoms with E-state index in [0.717, 1.165) is 29.2 Å². The minimum atomic E-state index is -4.55. The molecule has 1 aliphatic carbocycles. The Labute approximate surface area is 273 Å². The number of alkyl halides is 3. The molecule has 4 aromatic rings. The molecule has 9 heteroatoms. The Morgan fingerprint density at radius 2 is 1.53 bits per heavy atom. The van der Waals surface area contributed by atoms with Gasteiger partial charge in [0.05, 0.1) is 22.6 Å². The van der Waals surface area contributed by atoms with E-state index < -0.39 is 23.1 Å². The normalized spacial score (nSPS) is 14.1. The van der Waals surface area contributed by atoms with Crippen molar-refractivity contribution >= 4 is 30.0 Å². The molecule has 0 bridgehead atoms. The molecule has 1 N–H and O–H groups in total. The Kier molecular flexibility index (Phi) is 11.6. The molecule has 0 radical (unpaired) electrons. The van der Waals surface area contributed by atoms with Crippen molar-refractivity contribution in [1.82, 2.24) is 4.90 Å². The largest absolute Gasteiger partial charge is 0.494 e. The number of carboxylic acids is 1. The van der Waals surface area contributed by atoms with Gasteiger partial charge in [-0.05, 0) is 59.7 Å². The number of halogens is 5. The first-order valence-electron chi connectivity index (χ1n) is 14.8. The van der Waals surface area contributed by atoms with E-state index in [1.807, 2.05) is 60.7 Å². The van der Waals surface area contributed by atoms with Crippen LogP contribution < -0.4 is 4.74 Å². The van der Waals surface area contributed by atoms with Gasteiger partial charge in [0.15, 0.2) is 0 Å². The van der Waals surface area contributed by atoms with Gasteiger partial charge in [-0.3, -0.25) is 9.69 Å². The minimum absolute atomic E-state index is 0. The molecule has 0 heterocycles. The Balaban J connectivity index is 0.00000461. The van der Waals surface area contributed by atoms with Crippen LogP contribution in [-0.4, -0.2) is 35.7 Å². The van der Waals surface area contributed by atoms with Gasteiger partial charge >= 0.3 is 12.1 Å². The number of hydrogen-bond acceptors (Lipinski definition) is 3. The third-order valence-corrected chi connectivity index (χ3v) is 8.96. The van der Waals surface area contributed by atoms with E-state index in [2.05, 4.69) is 29.2 Å². The number of rotatable bonds is 13. The maximum absolute atomic E-state index is 13.7. The van der Waals surface area contributed by atoms with Crippen LogP contribution in [0.4, 0.5) is 13.2 Å². The highest BCUT2D eigenvalue weighted by Gasteiger charge is 2.46. The quantitative estimate of drug-likeness (QED) is 0.146. The van der Waals surface area contributed by atoms with Crippen molar-refractivity contribution in [3.63, 3.8) is 0 Å².